The van der Waals surface area contributed by atoms with Crippen LogP contribution in [0.15, 0.2) is 30.5 Å². The highest BCUT2D eigenvalue weighted by Crippen LogP contribution is 2.25. The van der Waals surface area contributed by atoms with Crippen molar-refractivity contribution in [2.45, 2.75) is 45.3 Å². The summed E-state index contributed by atoms with van der Waals surface area (Å²) in [4.78, 5) is 0. The molecule has 0 spiro atoms. The minimum atomic E-state index is 0.728. The van der Waals surface area contributed by atoms with Crippen LogP contribution in [-0.4, -0.2) is 21.0 Å². The molecule has 1 aromatic carbocycles. The Hall–Kier alpha value is -1.68. The van der Waals surface area contributed by atoms with Gasteiger partial charge in [0, 0.05) is 24.7 Å². The molecule has 1 aliphatic rings. The summed E-state index contributed by atoms with van der Waals surface area (Å²) >= 11 is 0. The van der Waals surface area contributed by atoms with Crippen LogP contribution in [0.4, 0.5) is 0 Å². The number of rotatable bonds is 6. The van der Waals surface area contributed by atoms with Gasteiger partial charge in [-0.05, 0) is 24.8 Å². The lowest BCUT2D eigenvalue weighted by Crippen LogP contribution is -2.16. The highest BCUT2D eigenvalue weighted by atomic mass is 15.4. The van der Waals surface area contributed by atoms with Crippen molar-refractivity contribution in [3.8, 4) is 11.3 Å². The highest BCUT2D eigenvalue weighted by molar-refractivity contribution is 5.63. The van der Waals surface area contributed by atoms with E-state index < -0.39 is 0 Å². The van der Waals surface area contributed by atoms with Gasteiger partial charge in [-0.2, -0.15) is 0 Å². The third-order valence-electron chi connectivity index (χ3n) is 3.50. The van der Waals surface area contributed by atoms with Crippen LogP contribution in [0.3, 0.4) is 0 Å². The molecule has 1 saturated carbocycles. The molecule has 2 aromatic rings. The highest BCUT2D eigenvalue weighted by Gasteiger charge is 2.20. The topological polar surface area (TPSA) is 42.7 Å². The van der Waals surface area contributed by atoms with E-state index in [9.17, 15) is 0 Å². The van der Waals surface area contributed by atoms with E-state index >= 15 is 0 Å². The summed E-state index contributed by atoms with van der Waals surface area (Å²) in [5, 5.41) is 11.8. The standard InChI is InChI=1S/C15H20N4/c1-2-9-19-15(11-17-18-19)14-6-4-3-5-12(14)10-16-13-7-8-13/h3-6,11,13,16H,2,7-10H2,1H3. The molecule has 0 aliphatic heterocycles. The monoisotopic (exact) mass is 256 g/mol. The number of hydrogen-bond donors (Lipinski definition) is 1. The summed E-state index contributed by atoms with van der Waals surface area (Å²) in [7, 11) is 0. The fourth-order valence-corrected chi connectivity index (χ4v) is 2.31. The maximum Gasteiger partial charge on any atom is 0.0888 e. The second-order valence-corrected chi connectivity index (χ2v) is 5.15. The number of nitrogens with zero attached hydrogens (tertiary/aromatic N) is 3. The smallest absolute Gasteiger partial charge is 0.0888 e. The molecule has 100 valence electrons. The molecule has 1 heterocycles. The molecule has 4 nitrogen and oxygen atoms in total. The fourth-order valence-electron chi connectivity index (χ4n) is 2.31. The molecule has 0 radical (unpaired) electrons. The van der Waals surface area contributed by atoms with Crippen LogP contribution in [0.1, 0.15) is 31.7 Å². The van der Waals surface area contributed by atoms with E-state index in [1.807, 2.05) is 10.9 Å². The van der Waals surface area contributed by atoms with Gasteiger partial charge in [-0.25, -0.2) is 4.68 Å². The molecule has 3 rings (SSSR count). The second kappa shape index (κ2) is 5.53. The van der Waals surface area contributed by atoms with E-state index in [4.69, 9.17) is 0 Å². The van der Waals surface area contributed by atoms with Crippen LogP contribution < -0.4 is 5.32 Å². The number of hydrogen-bond acceptors (Lipinski definition) is 3. The van der Waals surface area contributed by atoms with Gasteiger partial charge < -0.3 is 5.32 Å². The third-order valence-corrected chi connectivity index (χ3v) is 3.50. The van der Waals surface area contributed by atoms with Crippen molar-refractivity contribution in [3.63, 3.8) is 0 Å². The average Bonchev–Trinajstić information content (AvgIpc) is 3.16. The molecule has 0 atom stereocenters. The zero-order valence-corrected chi connectivity index (χ0v) is 11.3. The van der Waals surface area contributed by atoms with Crippen molar-refractivity contribution in [1.82, 2.24) is 20.3 Å². The van der Waals surface area contributed by atoms with Crippen molar-refractivity contribution in [2.75, 3.05) is 0 Å². The number of benzene rings is 1. The molecule has 1 N–H and O–H groups in total. The molecular weight excluding hydrogens is 236 g/mol. The van der Waals surface area contributed by atoms with Gasteiger partial charge in [0.05, 0.1) is 11.9 Å². The molecule has 0 bridgehead atoms. The minimum absolute atomic E-state index is 0.728. The number of aromatic nitrogens is 3. The molecule has 0 amide bonds. The first-order chi connectivity index (χ1) is 9.38. The Kier molecular flexibility index (Phi) is 3.60. The Bertz CT molecular complexity index is 543. The van der Waals surface area contributed by atoms with Gasteiger partial charge in [0.25, 0.3) is 0 Å². The van der Waals surface area contributed by atoms with E-state index in [0.717, 1.165) is 31.2 Å². The van der Waals surface area contributed by atoms with Gasteiger partial charge in [-0.15, -0.1) is 5.10 Å². The summed E-state index contributed by atoms with van der Waals surface area (Å²) in [6.45, 7) is 4.00. The fraction of sp³-hybridized carbons (Fsp3) is 0.467. The van der Waals surface area contributed by atoms with Crippen LogP contribution in [0.25, 0.3) is 11.3 Å². The molecular formula is C15H20N4. The van der Waals surface area contributed by atoms with Crippen molar-refractivity contribution in [1.29, 1.82) is 0 Å². The lowest BCUT2D eigenvalue weighted by atomic mass is 10.0. The number of nitrogens with one attached hydrogen (secondary N) is 1. The maximum atomic E-state index is 4.18. The van der Waals surface area contributed by atoms with Gasteiger partial charge in [0.2, 0.25) is 0 Å². The Morgan fingerprint density at radius 2 is 2.16 bits per heavy atom. The molecule has 0 saturated heterocycles. The predicted molar refractivity (Wildman–Crippen MR) is 75.6 cm³/mol. The summed E-state index contributed by atoms with van der Waals surface area (Å²) in [6, 6.07) is 9.26. The molecule has 4 heteroatoms. The lowest BCUT2D eigenvalue weighted by Gasteiger charge is -2.11. The van der Waals surface area contributed by atoms with Gasteiger partial charge in [-0.3, -0.25) is 0 Å². The number of aryl methyl sites for hydroxylation is 1. The van der Waals surface area contributed by atoms with E-state index in [0.29, 0.717) is 0 Å². The zero-order valence-electron chi connectivity index (χ0n) is 11.3. The van der Waals surface area contributed by atoms with Crippen LogP contribution in [0.2, 0.25) is 0 Å². The first-order valence-corrected chi connectivity index (χ1v) is 7.08. The van der Waals surface area contributed by atoms with E-state index in [1.54, 1.807) is 0 Å². The van der Waals surface area contributed by atoms with Crippen molar-refractivity contribution in [2.24, 2.45) is 0 Å². The summed E-state index contributed by atoms with van der Waals surface area (Å²) in [6.07, 6.45) is 5.57. The van der Waals surface area contributed by atoms with Crippen LogP contribution in [0.5, 0.6) is 0 Å². The SMILES string of the molecule is CCCn1nncc1-c1ccccc1CNC1CC1. The quantitative estimate of drug-likeness (QED) is 0.864. The summed E-state index contributed by atoms with van der Waals surface area (Å²) in [5.74, 6) is 0. The van der Waals surface area contributed by atoms with Crippen LogP contribution >= 0.6 is 0 Å². The molecule has 0 unspecified atom stereocenters. The molecule has 1 aromatic heterocycles. The van der Waals surface area contributed by atoms with Crippen molar-refractivity contribution >= 4 is 0 Å². The van der Waals surface area contributed by atoms with Gasteiger partial charge >= 0.3 is 0 Å². The zero-order chi connectivity index (χ0) is 13.1. The Labute approximate surface area is 113 Å². The normalized spacial score (nSPS) is 14.8. The Morgan fingerprint density at radius 3 is 2.95 bits per heavy atom. The minimum Gasteiger partial charge on any atom is -0.310 e. The molecule has 19 heavy (non-hydrogen) atoms. The second-order valence-electron chi connectivity index (χ2n) is 5.15. The predicted octanol–water partition coefficient (Wildman–Crippen LogP) is 2.61. The first-order valence-electron chi connectivity index (χ1n) is 7.08. The third kappa shape index (κ3) is 2.84. The van der Waals surface area contributed by atoms with E-state index in [-0.39, 0.29) is 0 Å². The Morgan fingerprint density at radius 1 is 1.32 bits per heavy atom. The first kappa shape index (κ1) is 12.4. The van der Waals surface area contributed by atoms with Crippen LogP contribution in [0, 0.1) is 0 Å². The van der Waals surface area contributed by atoms with Crippen LogP contribution in [-0.2, 0) is 13.1 Å². The van der Waals surface area contributed by atoms with Gasteiger partial charge in [0.1, 0.15) is 0 Å². The van der Waals surface area contributed by atoms with E-state index in [2.05, 4.69) is 46.8 Å². The summed E-state index contributed by atoms with van der Waals surface area (Å²) in [5.41, 5.74) is 3.69. The molecule has 1 aliphatic carbocycles. The van der Waals surface area contributed by atoms with Gasteiger partial charge in [0.15, 0.2) is 0 Å². The molecule has 1 fully saturated rings. The summed E-state index contributed by atoms with van der Waals surface area (Å²) < 4.78 is 2.00. The average molecular weight is 256 g/mol. The van der Waals surface area contributed by atoms with Crippen molar-refractivity contribution < 1.29 is 0 Å². The van der Waals surface area contributed by atoms with Gasteiger partial charge in [-0.1, -0.05) is 36.4 Å². The van der Waals surface area contributed by atoms with Crippen molar-refractivity contribution in [3.05, 3.63) is 36.0 Å². The largest absolute Gasteiger partial charge is 0.310 e. The maximum absolute atomic E-state index is 4.18. The Balaban J connectivity index is 1.87. The van der Waals surface area contributed by atoms with E-state index in [1.165, 1.54) is 24.0 Å². The lowest BCUT2D eigenvalue weighted by molar-refractivity contribution is 0.583.